The molecule has 3 heterocycles. The zero-order chi connectivity index (χ0) is 31.6. The van der Waals surface area contributed by atoms with E-state index < -0.39 is 24.3 Å². The number of carboxylic acid groups (broad SMARTS) is 2. The Morgan fingerprint density at radius 2 is 1.42 bits per heavy atom. The molecule has 4 fully saturated rings. The van der Waals surface area contributed by atoms with Gasteiger partial charge in [-0.05, 0) is 80.5 Å². The van der Waals surface area contributed by atoms with Gasteiger partial charge in [0.05, 0.1) is 11.7 Å². The van der Waals surface area contributed by atoms with Gasteiger partial charge < -0.3 is 20.3 Å². The molecule has 0 saturated heterocycles. The van der Waals surface area contributed by atoms with Crippen LogP contribution in [-0.4, -0.2) is 60.3 Å². The molecule has 0 aromatic carbocycles. The van der Waals surface area contributed by atoms with Crippen molar-refractivity contribution in [1.29, 1.82) is 0 Å². The first-order valence-corrected chi connectivity index (χ1v) is 13.0. The van der Waals surface area contributed by atoms with Crippen LogP contribution in [-0.2, 0) is 9.59 Å². The van der Waals surface area contributed by atoms with Crippen LogP contribution in [0.2, 0.25) is 0 Å². The standard InChI is InChI=1S/C23H24N4O2.2C2HF3O2/c28-21(26-23-11-15-8-16(12-23)10-17(9-15)13-23)20-19-5-1-2-7-27(19)22(25-20)29-18-4-3-6-24-14-18;2*3-2(4,5)1(6)7/h1-7,14-17H,8-13H2,(H,26,28);2*(H,6,7). The van der Waals surface area contributed by atoms with Crippen molar-refractivity contribution >= 4 is 23.4 Å². The van der Waals surface area contributed by atoms with Gasteiger partial charge in [0.15, 0.2) is 5.69 Å². The second kappa shape index (κ2) is 12.1. The summed E-state index contributed by atoms with van der Waals surface area (Å²) >= 11 is 0. The lowest BCUT2D eigenvalue weighted by molar-refractivity contribution is -0.193. The van der Waals surface area contributed by atoms with Gasteiger partial charge in [0, 0.05) is 17.9 Å². The molecule has 3 N–H and O–H groups in total. The van der Waals surface area contributed by atoms with E-state index in [2.05, 4.69) is 15.3 Å². The van der Waals surface area contributed by atoms with Crippen LogP contribution in [0.25, 0.3) is 5.52 Å². The van der Waals surface area contributed by atoms with Gasteiger partial charge in [-0.2, -0.15) is 31.3 Å². The fourth-order valence-electron chi connectivity index (χ4n) is 6.33. The summed E-state index contributed by atoms with van der Waals surface area (Å²) in [4.78, 5) is 39.8. The molecular formula is C27H26F6N4O6. The Morgan fingerprint density at radius 3 is 1.88 bits per heavy atom. The van der Waals surface area contributed by atoms with E-state index in [9.17, 15) is 31.1 Å². The number of rotatable bonds is 4. The predicted octanol–water partition coefficient (Wildman–Crippen LogP) is 5.49. The first-order chi connectivity index (χ1) is 20.1. The largest absolute Gasteiger partial charge is 0.490 e. The summed E-state index contributed by atoms with van der Waals surface area (Å²) in [6, 6.07) is 9.76. The minimum Gasteiger partial charge on any atom is -0.475 e. The second-order valence-electron chi connectivity index (χ2n) is 10.7. The Hall–Kier alpha value is -4.37. The van der Waals surface area contributed by atoms with Crippen molar-refractivity contribution in [2.24, 2.45) is 17.8 Å². The van der Waals surface area contributed by atoms with Crippen molar-refractivity contribution in [2.75, 3.05) is 0 Å². The van der Waals surface area contributed by atoms with Crippen LogP contribution in [0.4, 0.5) is 26.3 Å². The lowest BCUT2D eigenvalue weighted by Gasteiger charge is -2.56. The Kier molecular flexibility index (Phi) is 8.87. The van der Waals surface area contributed by atoms with E-state index in [0.717, 1.165) is 42.5 Å². The number of pyridine rings is 2. The molecule has 0 spiro atoms. The number of amides is 1. The number of carboxylic acids is 2. The summed E-state index contributed by atoms with van der Waals surface area (Å²) < 4.78 is 71.2. The summed E-state index contributed by atoms with van der Waals surface area (Å²) in [5.41, 5.74) is 1.15. The quantitative estimate of drug-likeness (QED) is 0.327. The van der Waals surface area contributed by atoms with E-state index in [1.165, 1.54) is 19.3 Å². The van der Waals surface area contributed by atoms with Crippen molar-refractivity contribution < 1.29 is 55.7 Å². The van der Waals surface area contributed by atoms with Crippen LogP contribution in [0.5, 0.6) is 11.8 Å². The van der Waals surface area contributed by atoms with Gasteiger partial charge in [-0.25, -0.2) is 9.59 Å². The molecule has 0 atom stereocenters. The highest BCUT2D eigenvalue weighted by molar-refractivity contribution is 5.99. The number of aliphatic carboxylic acids is 2. The molecule has 0 aliphatic heterocycles. The van der Waals surface area contributed by atoms with E-state index in [4.69, 9.17) is 24.5 Å². The molecule has 4 aliphatic carbocycles. The van der Waals surface area contributed by atoms with Crippen molar-refractivity contribution in [1.82, 2.24) is 19.7 Å². The fourth-order valence-corrected chi connectivity index (χ4v) is 6.33. The zero-order valence-electron chi connectivity index (χ0n) is 22.2. The third-order valence-corrected chi connectivity index (χ3v) is 7.48. The number of aromatic nitrogens is 3. The van der Waals surface area contributed by atoms with Gasteiger partial charge >= 0.3 is 30.3 Å². The number of hydrogen-bond donors (Lipinski definition) is 3. The monoisotopic (exact) mass is 616 g/mol. The second-order valence-corrected chi connectivity index (χ2v) is 10.7. The van der Waals surface area contributed by atoms with Crippen molar-refractivity contribution in [3.63, 3.8) is 0 Å². The van der Waals surface area contributed by atoms with E-state index in [1.54, 1.807) is 12.4 Å². The summed E-state index contributed by atoms with van der Waals surface area (Å²) in [7, 11) is 0. The maximum atomic E-state index is 13.4. The van der Waals surface area contributed by atoms with Crippen LogP contribution in [0.3, 0.4) is 0 Å². The van der Waals surface area contributed by atoms with Gasteiger partial charge in [0.2, 0.25) is 0 Å². The molecule has 3 aromatic heterocycles. The summed E-state index contributed by atoms with van der Waals surface area (Å²) in [6.45, 7) is 0. The molecule has 1 amide bonds. The van der Waals surface area contributed by atoms with Crippen LogP contribution >= 0.6 is 0 Å². The molecular weight excluding hydrogens is 590 g/mol. The lowest BCUT2D eigenvalue weighted by Crippen LogP contribution is -2.59. The van der Waals surface area contributed by atoms with Gasteiger partial charge in [0.25, 0.3) is 5.91 Å². The highest BCUT2D eigenvalue weighted by atomic mass is 19.4. The zero-order valence-corrected chi connectivity index (χ0v) is 22.2. The number of ether oxygens (including phenoxy) is 1. The number of fused-ring (bicyclic) bond motifs is 1. The SMILES string of the molecule is O=C(NC12CC3CC(CC(C3)C1)C2)c1nc(Oc2cccnc2)n2ccccc12.O=C(O)C(F)(F)F.O=C(O)C(F)(F)F. The summed E-state index contributed by atoms with van der Waals surface area (Å²) in [5, 5.41) is 17.7. The molecule has 4 bridgehead atoms. The molecule has 10 nitrogen and oxygen atoms in total. The Balaban J connectivity index is 0.000000254. The molecule has 43 heavy (non-hydrogen) atoms. The van der Waals surface area contributed by atoms with E-state index in [0.29, 0.717) is 17.5 Å². The van der Waals surface area contributed by atoms with Crippen LogP contribution in [0.1, 0.15) is 49.0 Å². The average Bonchev–Trinajstić information content (AvgIpc) is 3.26. The predicted molar refractivity (Wildman–Crippen MR) is 135 cm³/mol. The highest BCUT2D eigenvalue weighted by Gasteiger charge is 2.51. The average molecular weight is 617 g/mol. The van der Waals surface area contributed by atoms with Crippen LogP contribution < -0.4 is 10.1 Å². The molecule has 232 valence electrons. The van der Waals surface area contributed by atoms with Crippen molar-refractivity contribution in [3.05, 3.63) is 54.6 Å². The van der Waals surface area contributed by atoms with E-state index in [1.807, 2.05) is 40.9 Å². The number of imidazole rings is 1. The Morgan fingerprint density at radius 1 is 0.884 bits per heavy atom. The first kappa shape index (κ1) is 31.6. The molecule has 3 aromatic rings. The maximum Gasteiger partial charge on any atom is 0.490 e. The fraction of sp³-hybridized carbons (Fsp3) is 0.444. The number of hydrogen-bond acceptors (Lipinski definition) is 6. The highest BCUT2D eigenvalue weighted by Crippen LogP contribution is 2.55. The van der Waals surface area contributed by atoms with Gasteiger partial charge in [-0.15, -0.1) is 0 Å². The summed E-state index contributed by atoms with van der Waals surface area (Å²) in [5.74, 6) is -2.66. The third-order valence-electron chi connectivity index (χ3n) is 7.48. The number of halogens is 6. The Labute approximate surface area is 239 Å². The van der Waals surface area contributed by atoms with E-state index in [-0.39, 0.29) is 11.4 Å². The normalized spacial score (nSPS) is 23.8. The Bertz CT molecular complexity index is 1410. The smallest absolute Gasteiger partial charge is 0.475 e. The number of carbonyl (C=O) groups excluding carboxylic acids is 1. The number of carbonyl (C=O) groups is 3. The van der Waals surface area contributed by atoms with Gasteiger partial charge in [-0.3, -0.25) is 14.2 Å². The number of alkyl halides is 6. The molecule has 4 aliphatic rings. The topological polar surface area (TPSA) is 143 Å². The van der Waals surface area contributed by atoms with Gasteiger partial charge in [0.1, 0.15) is 5.75 Å². The van der Waals surface area contributed by atoms with Crippen LogP contribution in [0, 0.1) is 17.8 Å². The summed E-state index contributed by atoms with van der Waals surface area (Å²) in [6.07, 6.45) is 2.46. The number of nitrogens with one attached hydrogen (secondary N) is 1. The number of nitrogens with zero attached hydrogens (tertiary/aromatic N) is 3. The van der Waals surface area contributed by atoms with Crippen molar-refractivity contribution in [2.45, 2.75) is 56.4 Å². The molecule has 0 unspecified atom stereocenters. The minimum absolute atomic E-state index is 0.0407. The first-order valence-electron chi connectivity index (χ1n) is 13.0. The van der Waals surface area contributed by atoms with Crippen molar-refractivity contribution in [3.8, 4) is 11.8 Å². The molecule has 0 radical (unpaired) electrons. The van der Waals surface area contributed by atoms with Gasteiger partial charge in [-0.1, -0.05) is 6.07 Å². The molecule has 4 saturated carbocycles. The molecule has 16 heteroatoms. The minimum atomic E-state index is -5.08. The third kappa shape index (κ3) is 7.73. The molecule has 7 rings (SSSR count). The maximum absolute atomic E-state index is 13.4. The van der Waals surface area contributed by atoms with Crippen LogP contribution in [0.15, 0.2) is 48.9 Å². The lowest BCUT2D eigenvalue weighted by atomic mass is 9.53. The van der Waals surface area contributed by atoms with E-state index >= 15 is 0 Å².